The van der Waals surface area contributed by atoms with Crippen molar-refractivity contribution in [1.82, 2.24) is 15.3 Å². The summed E-state index contributed by atoms with van der Waals surface area (Å²) in [5.74, 6) is 1.52. The molecule has 2 N–H and O–H groups in total. The number of hydrogen-bond donors (Lipinski definition) is 2. The lowest BCUT2D eigenvalue weighted by molar-refractivity contribution is 0.0957. The standard InChI is InChI=1S/C24H21N3O2S/c28-23(20-15-30-24(27-20)17-8-5-11-25-12-17)18-13-26-19-9-4-10-21(22(18)19)29-14-16-6-2-1-3-7-16/h1-13,20,24,26-27H,14-15H2/t20-,24-/m0/s1. The second-order valence-corrected chi connectivity index (χ2v) is 8.38. The number of ketones is 1. The van der Waals surface area contributed by atoms with Crippen LogP contribution >= 0.6 is 11.8 Å². The zero-order valence-corrected chi connectivity index (χ0v) is 17.1. The fourth-order valence-electron chi connectivity index (χ4n) is 3.74. The zero-order chi connectivity index (χ0) is 20.3. The van der Waals surface area contributed by atoms with Gasteiger partial charge in [-0.3, -0.25) is 15.1 Å². The fourth-order valence-corrected chi connectivity index (χ4v) is 4.96. The molecule has 0 saturated carbocycles. The molecule has 0 bridgehead atoms. The first-order chi connectivity index (χ1) is 14.8. The lowest BCUT2D eigenvalue weighted by atomic mass is 10.0. The Morgan fingerprint density at radius 3 is 2.83 bits per heavy atom. The normalized spacial score (nSPS) is 18.5. The van der Waals surface area contributed by atoms with Gasteiger partial charge in [-0.15, -0.1) is 11.8 Å². The van der Waals surface area contributed by atoms with Crippen LogP contribution in [-0.2, 0) is 6.61 Å². The number of aromatic nitrogens is 2. The van der Waals surface area contributed by atoms with E-state index < -0.39 is 0 Å². The summed E-state index contributed by atoms with van der Waals surface area (Å²) in [5.41, 5.74) is 3.74. The summed E-state index contributed by atoms with van der Waals surface area (Å²) in [7, 11) is 0. The Hall–Kier alpha value is -3.09. The van der Waals surface area contributed by atoms with E-state index in [1.165, 1.54) is 0 Å². The third kappa shape index (κ3) is 3.72. The fraction of sp³-hybridized carbons (Fsp3) is 0.167. The van der Waals surface area contributed by atoms with Gasteiger partial charge in [-0.1, -0.05) is 42.5 Å². The minimum Gasteiger partial charge on any atom is -0.488 e. The maximum absolute atomic E-state index is 13.4. The summed E-state index contributed by atoms with van der Waals surface area (Å²) in [6.07, 6.45) is 5.40. The molecule has 0 spiro atoms. The van der Waals surface area contributed by atoms with Crippen LogP contribution in [0.25, 0.3) is 10.9 Å². The van der Waals surface area contributed by atoms with Crippen molar-refractivity contribution < 1.29 is 9.53 Å². The van der Waals surface area contributed by atoms with Gasteiger partial charge in [-0.05, 0) is 29.3 Å². The van der Waals surface area contributed by atoms with Gasteiger partial charge in [0.05, 0.1) is 16.8 Å². The van der Waals surface area contributed by atoms with Crippen molar-refractivity contribution in [1.29, 1.82) is 0 Å². The van der Waals surface area contributed by atoms with Gasteiger partial charge in [0, 0.05) is 35.4 Å². The molecule has 2 aromatic heterocycles. The van der Waals surface area contributed by atoms with Crippen molar-refractivity contribution in [2.45, 2.75) is 18.0 Å². The average molecular weight is 416 g/mol. The predicted molar refractivity (Wildman–Crippen MR) is 120 cm³/mol. The highest BCUT2D eigenvalue weighted by molar-refractivity contribution is 7.99. The second-order valence-electron chi connectivity index (χ2n) is 7.24. The molecule has 30 heavy (non-hydrogen) atoms. The van der Waals surface area contributed by atoms with Gasteiger partial charge < -0.3 is 9.72 Å². The number of carbonyl (C=O) groups is 1. The van der Waals surface area contributed by atoms with Crippen LogP contribution in [-0.4, -0.2) is 27.5 Å². The maximum Gasteiger partial charge on any atom is 0.182 e. The van der Waals surface area contributed by atoms with E-state index in [1.54, 1.807) is 24.2 Å². The van der Waals surface area contributed by atoms with Crippen LogP contribution in [0.1, 0.15) is 26.9 Å². The molecule has 0 radical (unpaired) electrons. The van der Waals surface area contributed by atoms with Gasteiger partial charge in [0.15, 0.2) is 5.78 Å². The number of pyridine rings is 1. The largest absolute Gasteiger partial charge is 0.488 e. The number of Topliss-reactive ketones (excluding diaryl/α,β-unsaturated/α-hetero) is 1. The average Bonchev–Trinajstić information content (AvgIpc) is 3.47. The summed E-state index contributed by atoms with van der Waals surface area (Å²) in [5, 5.41) is 4.37. The van der Waals surface area contributed by atoms with Crippen molar-refractivity contribution in [3.05, 3.63) is 95.9 Å². The number of nitrogens with zero attached hydrogens (tertiary/aromatic N) is 1. The van der Waals surface area contributed by atoms with Crippen LogP contribution in [0.2, 0.25) is 0 Å². The highest BCUT2D eigenvalue weighted by atomic mass is 32.2. The van der Waals surface area contributed by atoms with E-state index in [9.17, 15) is 4.79 Å². The topological polar surface area (TPSA) is 67.0 Å². The number of aromatic amines is 1. The predicted octanol–water partition coefficient (Wildman–Crippen LogP) is 4.73. The molecule has 150 valence electrons. The third-order valence-corrected chi connectivity index (χ3v) is 6.52. The lowest BCUT2D eigenvalue weighted by Gasteiger charge is -2.13. The summed E-state index contributed by atoms with van der Waals surface area (Å²) >= 11 is 1.73. The van der Waals surface area contributed by atoms with Crippen molar-refractivity contribution in [3.8, 4) is 5.75 Å². The van der Waals surface area contributed by atoms with Crippen LogP contribution in [0.15, 0.2) is 79.3 Å². The van der Waals surface area contributed by atoms with Gasteiger partial charge in [0.2, 0.25) is 0 Å². The number of thioether (sulfide) groups is 1. The highest BCUT2D eigenvalue weighted by Gasteiger charge is 2.32. The Bertz CT molecular complexity index is 1160. The van der Waals surface area contributed by atoms with Crippen molar-refractivity contribution >= 4 is 28.4 Å². The van der Waals surface area contributed by atoms with Gasteiger partial charge in [0.1, 0.15) is 12.4 Å². The minimum absolute atomic E-state index is 0.0756. The molecule has 0 unspecified atom stereocenters. The maximum atomic E-state index is 13.4. The molecular weight excluding hydrogens is 394 g/mol. The second kappa shape index (κ2) is 8.34. The molecule has 1 fully saturated rings. The van der Waals surface area contributed by atoms with Crippen LogP contribution in [0.4, 0.5) is 0 Å². The first-order valence-electron chi connectivity index (χ1n) is 9.88. The zero-order valence-electron chi connectivity index (χ0n) is 16.2. The van der Waals surface area contributed by atoms with Crippen LogP contribution < -0.4 is 10.1 Å². The summed E-state index contributed by atoms with van der Waals surface area (Å²) in [6, 6.07) is 19.6. The van der Waals surface area contributed by atoms with E-state index >= 15 is 0 Å². The SMILES string of the molecule is O=C(c1c[nH]c2cccc(OCc3ccccc3)c12)[C@@H]1CS[C@@H](c2cccnc2)N1. The van der Waals surface area contributed by atoms with Crippen molar-refractivity contribution in [2.75, 3.05) is 5.75 Å². The molecule has 1 aliphatic heterocycles. The Kier molecular flexibility index (Phi) is 5.26. The van der Waals surface area contributed by atoms with Gasteiger partial charge >= 0.3 is 0 Å². The summed E-state index contributed by atoms with van der Waals surface area (Å²) in [4.78, 5) is 20.8. The Labute approximate surface area is 178 Å². The smallest absolute Gasteiger partial charge is 0.182 e. The van der Waals surface area contributed by atoms with E-state index in [4.69, 9.17) is 4.74 Å². The first-order valence-corrected chi connectivity index (χ1v) is 10.9. The van der Waals surface area contributed by atoms with Crippen LogP contribution in [0.5, 0.6) is 5.75 Å². The Morgan fingerprint density at radius 2 is 2.00 bits per heavy atom. The molecule has 5 rings (SSSR count). The molecule has 0 aliphatic carbocycles. The summed E-state index contributed by atoms with van der Waals surface area (Å²) in [6.45, 7) is 0.458. The molecule has 5 nitrogen and oxygen atoms in total. The number of carbonyl (C=O) groups excluding carboxylic acids is 1. The minimum atomic E-state index is -0.249. The van der Waals surface area contributed by atoms with Gasteiger partial charge in [0.25, 0.3) is 0 Å². The van der Waals surface area contributed by atoms with E-state index in [1.807, 2.05) is 66.9 Å². The molecule has 2 aromatic carbocycles. The number of H-pyrrole nitrogens is 1. The van der Waals surface area contributed by atoms with E-state index in [0.717, 1.165) is 33.5 Å². The van der Waals surface area contributed by atoms with Crippen molar-refractivity contribution in [2.24, 2.45) is 0 Å². The summed E-state index contributed by atoms with van der Waals surface area (Å²) < 4.78 is 6.10. The Balaban J connectivity index is 1.38. The third-order valence-electron chi connectivity index (χ3n) is 5.26. The molecule has 6 heteroatoms. The number of fused-ring (bicyclic) bond motifs is 1. The number of ether oxygens (including phenoxy) is 1. The Morgan fingerprint density at radius 1 is 1.10 bits per heavy atom. The first kappa shape index (κ1) is 18.9. The lowest BCUT2D eigenvalue weighted by Crippen LogP contribution is -2.34. The van der Waals surface area contributed by atoms with E-state index in [2.05, 4.69) is 15.3 Å². The van der Waals surface area contributed by atoms with Gasteiger partial charge in [-0.2, -0.15) is 0 Å². The molecule has 3 heterocycles. The number of nitrogens with one attached hydrogen (secondary N) is 2. The van der Waals surface area contributed by atoms with Crippen molar-refractivity contribution in [3.63, 3.8) is 0 Å². The molecule has 4 aromatic rings. The molecule has 0 amide bonds. The molecule has 2 atom stereocenters. The molecular formula is C24H21N3O2S. The number of benzene rings is 2. The van der Waals surface area contributed by atoms with E-state index in [-0.39, 0.29) is 17.2 Å². The molecule has 1 aliphatic rings. The number of hydrogen-bond acceptors (Lipinski definition) is 5. The van der Waals surface area contributed by atoms with Crippen LogP contribution in [0.3, 0.4) is 0 Å². The highest BCUT2D eigenvalue weighted by Crippen LogP contribution is 2.35. The molecule has 1 saturated heterocycles. The van der Waals surface area contributed by atoms with Crippen LogP contribution in [0, 0.1) is 0 Å². The van der Waals surface area contributed by atoms with E-state index in [0.29, 0.717) is 12.2 Å². The number of rotatable bonds is 6. The van der Waals surface area contributed by atoms with Gasteiger partial charge in [-0.25, -0.2) is 0 Å². The monoisotopic (exact) mass is 415 g/mol. The quantitative estimate of drug-likeness (QED) is 0.446.